The molecule has 0 aliphatic rings. The van der Waals surface area contributed by atoms with E-state index in [4.69, 9.17) is 14.9 Å². The molecule has 0 amide bonds. The molecule has 0 bridgehead atoms. The minimum absolute atomic E-state index is 0.215. The Bertz CT molecular complexity index is 182. The van der Waals surface area contributed by atoms with Crippen LogP contribution in [-0.2, 0) is 14.6 Å². The maximum absolute atomic E-state index is 9.25. The van der Waals surface area contributed by atoms with Gasteiger partial charge in [0, 0.05) is 6.08 Å². The molecule has 0 fully saturated rings. The van der Waals surface area contributed by atoms with Crippen LogP contribution in [-0.4, -0.2) is 22.3 Å². The van der Waals surface area contributed by atoms with Gasteiger partial charge in [-0.2, -0.15) is 0 Å². The number of rotatable bonds is 2. The smallest absolute Gasteiger partial charge is 0.327 e. The Hall–Kier alpha value is -0.870. The predicted molar refractivity (Wildman–Crippen MR) is 59.5 cm³/mol. The second-order valence-corrected chi connectivity index (χ2v) is 4.93. The van der Waals surface area contributed by atoms with Gasteiger partial charge in [-0.15, -0.1) is 0 Å². The molecule has 0 rings (SSSR count). The van der Waals surface area contributed by atoms with Crippen molar-refractivity contribution < 1.29 is 19.7 Å². The van der Waals surface area contributed by atoms with E-state index in [0.29, 0.717) is 0 Å². The molecular formula is C11H22O4. The van der Waals surface area contributed by atoms with E-state index in [1.165, 1.54) is 0 Å². The number of carboxylic acids is 1. The minimum Gasteiger partial charge on any atom is -0.478 e. The molecule has 0 heterocycles. The van der Waals surface area contributed by atoms with Crippen molar-refractivity contribution in [3.63, 3.8) is 0 Å². The lowest BCUT2D eigenvalue weighted by Crippen LogP contribution is -2.27. The Morgan fingerprint density at radius 1 is 1.07 bits per heavy atom. The zero-order valence-electron chi connectivity index (χ0n) is 10.5. The first-order chi connectivity index (χ1) is 6.48. The van der Waals surface area contributed by atoms with Gasteiger partial charge in [0.15, 0.2) is 0 Å². The van der Waals surface area contributed by atoms with Crippen molar-refractivity contribution in [1.29, 1.82) is 0 Å². The summed E-state index contributed by atoms with van der Waals surface area (Å²) in [4.78, 5) is 19.4. The number of hydrogen-bond donors (Lipinski definition) is 1. The van der Waals surface area contributed by atoms with Gasteiger partial charge in [-0.3, -0.25) is 0 Å². The van der Waals surface area contributed by atoms with E-state index in [0.717, 1.165) is 6.08 Å². The third-order valence-electron chi connectivity index (χ3n) is 0.716. The van der Waals surface area contributed by atoms with E-state index in [-0.39, 0.29) is 11.2 Å². The lowest BCUT2D eigenvalue weighted by Gasteiger charge is -2.24. The molecule has 0 aliphatic carbocycles. The number of carboxylic acid groups (broad SMARTS) is 1. The fraction of sp³-hybridized carbons (Fsp3) is 0.727. The van der Waals surface area contributed by atoms with Gasteiger partial charge in [0.25, 0.3) is 0 Å². The fourth-order valence-electron chi connectivity index (χ4n) is 0.250. The van der Waals surface area contributed by atoms with Crippen LogP contribution in [0.15, 0.2) is 12.7 Å². The summed E-state index contributed by atoms with van der Waals surface area (Å²) >= 11 is 0. The van der Waals surface area contributed by atoms with Crippen LogP contribution in [0.3, 0.4) is 0 Å². The zero-order valence-corrected chi connectivity index (χ0v) is 10.5. The van der Waals surface area contributed by atoms with Gasteiger partial charge < -0.3 is 5.11 Å². The second kappa shape index (κ2) is 6.58. The molecule has 0 spiro atoms. The average Bonchev–Trinajstić information content (AvgIpc) is 2.00. The molecule has 0 aromatic heterocycles. The monoisotopic (exact) mass is 218 g/mol. The summed E-state index contributed by atoms with van der Waals surface area (Å²) in [5.74, 6) is -0.981. The Morgan fingerprint density at radius 2 is 1.27 bits per heavy atom. The molecule has 0 atom stereocenters. The highest BCUT2D eigenvalue weighted by Crippen LogP contribution is 2.14. The van der Waals surface area contributed by atoms with E-state index in [1.54, 1.807) is 0 Å². The van der Waals surface area contributed by atoms with Crippen LogP contribution in [0, 0.1) is 0 Å². The van der Waals surface area contributed by atoms with Crippen LogP contribution in [0.4, 0.5) is 0 Å². The minimum atomic E-state index is -0.981. The summed E-state index contributed by atoms with van der Waals surface area (Å²) < 4.78 is 0. The van der Waals surface area contributed by atoms with E-state index >= 15 is 0 Å². The summed E-state index contributed by atoms with van der Waals surface area (Å²) in [7, 11) is 0. The largest absolute Gasteiger partial charge is 0.478 e. The number of hydrogen-bond acceptors (Lipinski definition) is 3. The van der Waals surface area contributed by atoms with E-state index < -0.39 is 5.97 Å². The third kappa shape index (κ3) is 24.6. The first-order valence-corrected chi connectivity index (χ1v) is 4.70. The highest BCUT2D eigenvalue weighted by atomic mass is 17.2. The van der Waals surface area contributed by atoms with Crippen molar-refractivity contribution in [3.8, 4) is 0 Å². The van der Waals surface area contributed by atoms with Gasteiger partial charge in [-0.05, 0) is 41.5 Å². The Labute approximate surface area is 91.8 Å². The van der Waals surface area contributed by atoms with Gasteiger partial charge in [0.05, 0.1) is 11.2 Å². The van der Waals surface area contributed by atoms with E-state index in [1.807, 2.05) is 41.5 Å². The SMILES string of the molecule is C=CC(=O)O.CC(C)(C)OOC(C)(C)C. The molecule has 0 unspecified atom stereocenters. The Morgan fingerprint density at radius 3 is 1.33 bits per heavy atom. The summed E-state index contributed by atoms with van der Waals surface area (Å²) in [5.41, 5.74) is -0.430. The fourth-order valence-corrected chi connectivity index (χ4v) is 0.250. The molecule has 1 N–H and O–H groups in total. The van der Waals surface area contributed by atoms with Gasteiger partial charge in [-0.25, -0.2) is 14.6 Å². The predicted octanol–water partition coefficient (Wildman–Crippen LogP) is 2.79. The maximum atomic E-state index is 9.25. The van der Waals surface area contributed by atoms with Crippen LogP contribution in [0.2, 0.25) is 0 Å². The quantitative estimate of drug-likeness (QED) is 0.440. The summed E-state index contributed by atoms with van der Waals surface area (Å²) in [6.07, 6.45) is 0.833. The van der Waals surface area contributed by atoms with Gasteiger partial charge in [0.1, 0.15) is 0 Å². The average molecular weight is 218 g/mol. The lowest BCUT2D eigenvalue weighted by atomic mass is 10.2. The molecule has 15 heavy (non-hydrogen) atoms. The van der Waals surface area contributed by atoms with Gasteiger partial charge >= 0.3 is 5.97 Å². The number of aliphatic carboxylic acids is 1. The topological polar surface area (TPSA) is 55.8 Å². The van der Waals surface area contributed by atoms with Crippen molar-refractivity contribution in [3.05, 3.63) is 12.7 Å². The third-order valence-corrected chi connectivity index (χ3v) is 0.716. The van der Waals surface area contributed by atoms with Gasteiger partial charge in [0.2, 0.25) is 0 Å². The molecule has 0 saturated heterocycles. The van der Waals surface area contributed by atoms with Crippen molar-refractivity contribution in [1.82, 2.24) is 0 Å². The first-order valence-electron chi connectivity index (χ1n) is 4.70. The maximum Gasteiger partial charge on any atom is 0.327 e. The van der Waals surface area contributed by atoms with Crippen LogP contribution < -0.4 is 0 Å². The van der Waals surface area contributed by atoms with Crippen molar-refractivity contribution in [2.24, 2.45) is 0 Å². The second-order valence-electron chi connectivity index (χ2n) is 4.93. The lowest BCUT2D eigenvalue weighted by molar-refractivity contribution is -0.393. The molecule has 4 nitrogen and oxygen atoms in total. The van der Waals surface area contributed by atoms with E-state index in [2.05, 4.69) is 6.58 Å². The molecule has 0 saturated carbocycles. The molecule has 0 aromatic carbocycles. The normalized spacial score (nSPS) is 11.3. The van der Waals surface area contributed by atoms with Crippen LogP contribution in [0.1, 0.15) is 41.5 Å². The van der Waals surface area contributed by atoms with Crippen LogP contribution in [0.25, 0.3) is 0 Å². The van der Waals surface area contributed by atoms with Crippen LogP contribution >= 0.6 is 0 Å². The highest BCUT2D eigenvalue weighted by Gasteiger charge is 2.18. The molecule has 90 valence electrons. The zero-order chi connectivity index (χ0) is 12.7. The van der Waals surface area contributed by atoms with Gasteiger partial charge in [-0.1, -0.05) is 6.58 Å². The molecule has 0 radical (unpaired) electrons. The summed E-state index contributed by atoms with van der Waals surface area (Å²) in [5, 5.41) is 7.60. The molecule has 4 heteroatoms. The standard InChI is InChI=1S/C8H18O2.C3H4O2/c1-7(2,3)9-10-8(4,5)6;1-2-3(4)5/h1-6H3;2H,1H2,(H,4,5). The Kier molecular flexibility index (Phi) is 7.27. The summed E-state index contributed by atoms with van der Waals surface area (Å²) in [6, 6.07) is 0. The van der Waals surface area contributed by atoms with Crippen molar-refractivity contribution in [2.45, 2.75) is 52.7 Å². The number of carbonyl (C=O) groups is 1. The van der Waals surface area contributed by atoms with E-state index in [9.17, 15) is 4.79 Å². The summed E-state index contributed by atoms with van der Waals surface area (Å²) in [6.45, 7) is 14.7. The molecule has 0 aliphatic heterocycles. The highest BCUT2D eigenvalue weighted by molar-refractivity contribution is 5.78. The molecular weight excluding hydrogens is 196 g/mol. The van der Waals surface area contributed by atoms with Crippen LogP contribution in [0.5, 0.6) is 0 Å². The first kappa shape index (κ1) is 16.6. The Balaban J connectivity index is 0. The van der Waals surface area contributed by atoms with Crippen molar-refractivity contribution in [2.75, 3.05) is 0 Å². The van der Waals surface area contributed by atoms with Crippen molar-refractivity contribution >= 4 is 5.97 Å². The molecule has 0 aromatic rings.